The third-order valence-corrected chi connectivity index (χ3v) is 6.96. The molecule has 130 valence electrons. The molecule has 4 aliphatic rings. The van der Waals surface area contributed by atoms with Crippen LogP contribution in [0.15, 0.2) is 0 Å². The Balaban J connectivity index is 1.57. The molecule has 0 spiro atoms. The summed E-state index contributed by atoms with van der Waals surface area (Å²) in [5.41, 5.74) is -0.534. The zero-order chi connectivity index (χ0) is 16.9. The maximum absolute atomic E-state index is 13.1. The van der Waals surface area contributed by atoms with Gasteiger partial charge >= 0.3 is 0 Å². The van der Waals surface area contributed by atoms with E-state index in [0.29, 0.717) is 17.0 Å². The van der Waals surface area contributed by atoms with Gasteiger partial charge in [0.15, 0.2) is 0 Å². The standard InChI is InChI=1S/C17H24N4O2S/c1-3-13-20-21-15(24-13)18-14(23)16-5-11-4-12(6-16)8-17(7-11,9-16)19-10(2)22/h11-12H,3-9H2,1-2H3,(H,19,22)(H,18,21,23)/t11-,12-,16?,17?/m0/s1. The van der Waals surface area contributed by atoms with Gasteiger partial charge in [0.25, 0.3) is 0 Å². The smallest absolute Gasteiger partial charge is 0.232 e. The van der Waals surface area contributed by atoms with Gasteiger partial charge in [-0.1, -0.05) is 18.3 Å². The van der Waals surface area contributed by atoms with E-state index in [0.717, 1.165) is 43.5 Å². The molecule has 0 aromatic carbocycles. The summed E-state index contributed by atoms with van der Waals surface area (Å²) in [5, 5.41) is 15.9. The molecule has 2 N–H and O–H groups in total. The van der Waals surface area contributed by atoms with Crippen LogP contribution in [-0.4, -0.2) is 27.6 Å². The first-order chi connectivity index (χ1) is 11.4. The number of carbonyl (C=O) groups is 2. The average Bonchev–Trinajstić information content (AvgIpc) is 2.92. The molecule has 4 bridgehead atoms. The van der Waals surface area contributed by atoms with Gasteiger partial charge in [0.1, 0.15) is 5.01 Å². The van der Waals surface area contributed by atoms with Crippen LogP contribution >= 0.6 is 11.3 Å². The van der Waals surface area contributed by atoms with Gasteiger partial charge in [-0.15, -0.1) is 10.2 Å². The summed E-state index contributed by atoms with van der Waals surface area (Å²) in [5.74, 6) is 1.18. The van der Waals surface area contributed by atoms with Crippen molar-refractivity contribution in [2.45, 2.75) is 64.3 Å². The molecule has 0 saturated heterocycles. The second-order valence-electron chi connectivity index (χ2n) is 8.01. The Kier molecular flexibility index (Phi) is 3.67. The molecule has 0 unspecified atom stereocenters. The van der Waals surface area contributed by atoms with Crippen molar-refractivity contribution >= 4 is 28.3 Å². The number of hydrogen-bond acceptors (Lipinski definition) is 5. The van der Waals surface area contributed by atoms with Crippen molar-refractivity contribution in [2.75, 3.05) is 5.32 Å². The molecule has 7 heteroatoms. The molecular formula is C17H24N4O2S. The van der Waals surface area contributed by atoms with Gasteiger partial charge < -0.3 is 10.6 Å². The summed E-state index contributed by atoms with van der Waals surface area (Å²) in [6.45, 7) is 3.61. The molecule has 4 fully saturated rings. The highest BCUT2D eigenvalue weighted by molar-refractivity contribution is 7.15. The molecule has 6 nitrogen and oxygen atoms in total. The quantitative estimate of drug-likeness (QED) is 0.876. The number of anilines is 1. The molecule has 4 aliphatic carbocycles. The highest BCUT2D eigenvalue weighted by atomic mass is 32.1. The van der Waals surface area contributed by atoms with E-state index in [1.54, 1.807) is 6.92 Å². The Morgan fingerprint density at radius 1 is 1.21 bits per heavy atom. The molecule has 1 heterocycles. The topological polar surface area (TPSA) is 84.0 Å². The number of carbonyl (C=O) groups excluding carboxylic acids is 2. The van der Waals surface area contributed by atoms with Crippen LogP contribution in [0.3, 0.4) is 0 Å². The van der Waals surface area contributed by atoms with Crippen LogP contribution in [0.4, 0.5) is 5.13 Å². The number of hydrogen-bond donors (Lipinski definition) is 2. The van der Waals surface area contributed by atoms with Crippen molar-refractivity contribution in [2.24, 2.45) is 17.3 Å². The maximum Gasteiger partial charge on any atom is 0.232 e. The Morgan fingerprint density at radius 2 is 1.92 bits per heavy atom. The normalized spacial score (nSPS) is 36.6. The van der Waals surface area contributed by atoms with Crippen LogP contribution in [0.1, 0.15) is 57.4 Å². The average molecular weight is 348 g/mol. The second-order valence-corrected chi connectivity index (χ2v) is 9.07. The summed E-state index contributed by atoms with van der Waals surface area (Å²) in [6.07, 6.45) is 6.72. The number of aromatic nitrogens is 2. The van der Waals surface area contributed by atoms with E-state index >= 15 is 0 Å². The molecule has 4 saturated carbocycles. The minimum Gasteiger partial charge on any atom is -0.351 e. The molecular weight excluding hydrogens is 324 g/mol. The monoisotopic (exact) mass is 348 g/mol. The number of nitrogens with one attached hydrogen (secondary N) is 2. The second kappa shape index (κ2) is 5.51. The lowest BCUT2D eigenvalue weighted by atomic mass is 9.46. The van der Waals surface area contributed by atoms with Crippen molar-refractivity contribution < 1.29 is 9.59 Å². The molecule has 0 radical (unpaired) electrons. The van der Waals surface area contributed by atoms with Crippen molar-refractivity contribution in [3.63, 3.8) is 0 Å². The minimum absolute atomic E-state index is 0.0178. The Morgan fingerprint density at radius 3 is 2.50 bits per heavy atom. The summed E-state index contributed by atoms with van der Waals surface area (Å²) in [6, 6.07) is 0. The highest BCUT2D eigenvalue weighted by Crippen LogP contribution is 2.61. The van der Waals surface area contributed by atoms with Crippen LogP contribution in [0.5, 0.6) is 0 Å². The van der Waals surface area contributed by atoms with Gasteiger partial charge in [-0.05, 0) is 56.8 Å². The lowest BCUT2D eigenvalue weighted by Gasteiger charge is -2.61. The lowest BCUT2D eigenvalue weighted by molar-refractivity contribution is -0.148. The van der Waals surface area contributed by atoms with E-state index in [4.69, 9.17) is 0 Å². The third kappa shape index (κ3) is 2.62. The van der Waals surface area contributed by atoms with Crippen molar-refractivity contribution in [3.8, 4) is 0 Å². The summed E-state index contributed by atoms with van der Waals surface area (Å²) in [7, 11) is 0. The zero-order valence-corrected chi connectivity index (χ0v) is 15.0. The van der Waals surface area contributed by atoms with Gasteiger partial charge in [-0.25, -0.2) is 0 Å². The van der Waals surface area contributed by atoms with E-state index in [1.807, 2.05) is 6.92 Å². The van der Waals surface area contributed by atoms with Crippen molar-refractivity contribution in [1.82, 2.24) is 15.5 Å². The first kappa shape index (κ1) is 16.0. The summed E-state index contributed by atoms with van der Waals surface area (Å²) >= 11 is 1.45. The van der Waals surface area contributed by atoms with E-state index in [1.165, 1.54) is 17.8 Å². The molecule has 1 aromatic rings. The fourth-order valence-corrected chi connectivity index (χ4v) is 6.40. The molecule has 24 heavy (non-hydrogen) atoms. The largest absolute Gasteiger partial charge is 0.351 e. The van der Waals surface area contributed by atoms with E-state index in [9.17, 15) is 9.59 Å². The predicted molar refractivity (Wildman–Crippen MR) is 91.6 cm³/mol. The molecule has 0 aliphatic heterocycles. The van der Waals surface area contributed by atoms with Crippen molar-refractivity contribution in [1.29, 1.82) is 0 Å². The first-order valence-corrected chi connectivity index (χ1v) is 9.66. The third-order valence-electron chi connectivity index (χ3n) is 5.97. The number of amides is 2. The molecule has 2 amide bonds. The zero-order valence-electron chi connectivity index (χ0n) is 14.2. The molecule has 5 rings (SSSR count). The molecule has 2 atom stereocenters. The SMILES string of the molecule is CCc1nnc(NC(=O)C23C[C@@H]4C[C@H](CC(NC(C)=O)(C4)C2)C3)s1. The predicted octanol–water partition coefficient (Wildman–Crippen LogP) is 2.51. The first-order valence-electron chi connectivity index (χ1n) is 8.85. The van der Waals surface area contributed by atoms with Crippen LogP contribution in [0.25, 0.3) is 0 Å². The Bertz CT molecular complexity index is 672. The summed E-state index contributed by atoms with van der Waals surface area (Å²) in [4.78, 5) is 24.8. The molecule has 1 aromatic heterocycles. The Hall–Kier alpha value is -1.50. The van der Waals surface area contributed by atoms with Crippen LogP contribution in [0.2, 0.25) is 0 Å². The van der Waals surface area contributed by atoms with Gasteiger partial charge in [0.05, 0.1) is 5.41 Å². The van der Waals surface area contributed by atoms with Gasteiger partial charge in [-0.3, -0.25) is 9.59 Å². The minimum atomic E-state index is -0.357. The number of nitrogens with zero attached hydrogens (tertiary/aromatic N) is 2. The van der Waals surface area contributed by atoms with Crippen LogP contribution in [0, 0.1) is 17.3 Å². The van der Waals surface area contributed by atoms with E-state index < -0.39 is 0 Å². The van der Waals surface area contributed by atoms with Gasteiger partial charge in [0, 0.05) is 12.5 Å². The fraction of sp³-hybridized carbons (Fsp3) is 0.765. The van der Waals surface area contributed by atoms with Gasteiger partial charge in [0.2, 0.25) is 16.9 Å². The fourth-order valence-electron chi connectivity index (χ4n) is 5.72. The lowest BCUT2D eigenvalue weighted by Crippen LogP contribution is -2.65. The van der Waals surface area contributed by atoms with Crippen LogP contribution in [-0.2, 0) is 16.0 Å². The van der Waals surface area contributed by atoms with Gasteiger partial charge in [-0.2, -0.15) is 0 Å². The van der Waals surface area contributed by atoms with E-state index in [2.05, 4.69) is 20.8 Å². The summed E-state index contributed by atoms with van der Waals surface area (Å²) < 4.78 is 0. The Labute approximate surface area is 145 Å². The highest BCUT2D eigenvalue weighted by Gasteiger charge is 2.60. The maximum atomic E-state index is 13.1. The van der Waals surface area contributed by atoms with Crippen LogP contribution < -0.4 is 10.6 Å². The number of rotatable bonds is 4. The van der Waals surface area contributed by atoms with E-state index in [-0.39, 0.29) is 22.8 Å². The number of aryl methyl sites for hydroxylation is 1. The van der Waals surface area contributed by atoms with Crippen molar-refractivity contribution in [3.05, 3.63) is 5.01 Å².